The molecule has 0 fully saturated rings. The van der Waals surface area contributed by atoms with Gasteiger partial charge in [-0.2, -0.15) is 0 Å². The number of carbonyl (C=O) groups excluding carboxylic acids is 4. The molecule has 3 amide bonds. The largest absolute Gasteiger partial charge is 0.370 e. The first-order chi connectivity index (χ1) is 7.47. The number of nitrogens with one attached hydrogen (secondary N) is 1. The lowest BCUT2D eigenvalue weighted by Crippen LogP contribution is -2.39. The molecule has 0 bridgehead atoms. The van der Waals surface area contributed by atoms with Crippen molar-refractivity contribution in [3.8, 4) is 0 Å². The van der Waals surface area contributed by atoms with Gasteiger partial charge in [0.25, 0.3) is 0 Å². The molecule has 0 aliphatic heterocycles. The Morgan fingerprint density at radius 1 is 1.31 bits per heavy atom. The average molecular weight is 229 g/mol. The molecule has 0 aromatic heterocycles. The van der Waals surface area contributed by atoms with Gasteiger partial charge in [-0.15, -0.1) is 0 Å². The maximum absolute atomic E-state index is 11.2. The first kappa shape index (κ1) is 14.1. The SMILES string of the molecule is CN(CC=O)C(=O)CNC(=O)CCC(N)=O. The van der Waals surface area contributed by atoms with E-state index in [9.17, 15) is 19.2 Å². The van der Waals surface area contributed by atoms with Gasteiger partial charge < -0.3 is 20.7 Å². The molecular formula is C9H15N3O4. The fraction of sp³-hybridized carbons (Fsp3) is 0.556. The highest BCUT2D eigenvalue weighted by Gasteiger charge is 2.10. The average Bonchev–Trinajstić information content (AvgIpc) is 2.23. The number of primary amides is 1. The minimum Gasteiger partial charge on any atom is -0.370 e. The van der Waals surface area contributed by atoms with E-state index in [1.54, 1.807) is 0 Å². The highest BCUT2D eigenvalue weighted by atomic mass is 16.2. The third kappa shape index (κ3) is 6.52. The Morgan fingerprint density at radius 3 is 2.44 bits per heavy atom. The number of carbonyl (C=O) groups is 4. The van der Waals surface area contributed by atoms with Crippen molar-refractivity contribution in [3.63, 3.8) is 0 Å². The summed E-state index contributed by atoms with van der Waals surface area (Å²) in [5, 5.41) is 2.32. The van der Waals surface area contributed by atoms with Gasteiger partial charge in [-0.05, 0) is 0 Å². The fourth-order valence-corrected chi connectivity index (χ4v) is 0.848. The van der Waals surface area contributed by atoms with Crippen molar-refractivity contribution in [2.24, 2.45) is 5.73 Å². The van der Waals surface area contributed by atoms with Crippen molar-refractivity contribution in [2.75, 3.05) is 20.1 Å². The minimum atomic E-state index is -0.570. The summed E-state index contributed by atoms with van der Waals surface area (Å²) in [4.78, 5) is 44.0. The van der Waals surface area contributed by atoms with Crippen LogP contribution < -0.4 is 11.1 Å². The molecule has 0 aromatic carbocycles. The molecule has 7 nitrogen and oxygen atoms in total. The van der Waals surface area contributed by atoms with Crippen LogP contribution in [0.4, 0.5) is 0 Å². The lowest BCUT2D eigenvalue weighted by Gasteiger charge is -2.13. The molecule has 0 atom stereocenters. The van der Waals surface area contributed by atoms with Crippen LogP contribution in [0.2, 0.25) is 0 Å². The number of hydrogen-bond donors (Lipinski definition) is 2. The fourth-order valence-electron chi connectivity index (χ4n) is 0.848. The van der Waals surface area contributed by atoms with E-state index in [0.717, 1.165) is 0 Å². The van der Waals surface area contributed by atoms with Crippen LogP contribution in [0.5, 0.6) is 0 Å². The molecule has 0 saturated carbocycles. The number of nitrogens with two attached hydrogens (primary N) is 1. The van der Waals surface area contributed by atoms with Crippen molar-refractivity contribution < 1.29 is 19.2 Å². The molecule has 0 spiro atoms. The van der Waals surface area contributed by atoms with E-state index >= 15 is 0 Å². The Bertz CT molecular complexity index is 290. The van der Waals surface area contributed by atoms with Gasteiger partial charge in [0.1, 0.15) is 6.29 Å². The third-order valence-corrected chi connectivity index (χ3v) is 1.81. The zero-order chi connectivity index (χ0) is 12.6. The van der Waals surface area contributed by atoms with Crippen LogP contribution in [0.1, 0.15) is 12.8 Å². The Kier molecular flexibility index (Phi) is 6.50. The lowest BCUT2D eigenvalue weighted by molar-refractivity contribution is -0.133. The predicted molar refractivity (Wildman–Crippen MR) is 55.1 cm³/mol. The summed E-state index contributed by atoms with van der Waals surface area (Å²) >= 11 is 0. The van der Waals surface area contributed by atoms with E-state index in [1.807, 2.05) is 0 Å². The first-order valence-electron chi connectivity index (χ1n) is 4.70. The lowest BCUT2D eigenvalue weighted by atomic mass is 10.3. The van der Waals surface area contributed by atoms with Crippen molar-refractivity contribution in [1.29, 1.82) is 0 Å². The Labute approximate surface area is 93.0 Å². The molecule has 0 rings (SSSR count). The van der Waals surface area contributed by atoms with Gasteiger partial charge in [0, 0.05) is 19.9 Å². The minimum absolute atomic E-state index is 0.0179. The second-order valence-electron chi connectivity index (χ2n) is 3.18. The smallest absolute Gasteiger partial charge is 0.242 e. The summed E-state index contributed by atoms with van der Waals surface area (Å²) < 4.78 is 0. The topological polar surface area (TPSA) is 110 Å². The van der Waals surface area contributed by atoms with E-state index in [1.165, 1.54) is 11.9 Å². The van der Waals surface area contributed by atoms with E-state index in [4.69, 9.17) is 5.73 Å². The van der Waals surface area contributed by atoms with Crippen molar-refractivity contribution in [1.82, 2.24) is 10.2 Å². The second kappa shape index (κ2) is 7.38. The summed E-state index contributed by atoms with van der Waals surface area (Å²) in [7, 11) is 1.45. The Hall–Kier alpha value is -1.92. The number of likely N-dealkylation sites (N-methyl/N-ethyl adjacent to an activating group) is 1. The van der Waals surface area contributed by atoms with Crippen LogP contribution in [0.15, 0.2) is 0 Å². The zero-order valence-corrected chi connectivity index (χ0v) is 9.06. The van der Waals surface area contributed by atoms with Gasteiger partial charge in [0.15, 0.2) is 0 Å². The molecule has 3 N–H and O–H groups in total. The van der Waals surface area contributed by atoms with Gasteiger partial charge in [-0.1, -0.05) is 0 Å². The van der Waals surface area contributed by atoms with E-state index in [-0.39, 0.29) is 31.8 Å². The number of nitrogens with zero attached hydrogens (tertiary/aromatic N) is 1. The van der Waals surface area contributed by atoms with E-state index in [2.05, 4.69) is 5.32 Å². The summed E-state index contributed by atoms with van der Waals surface area (Å²) in [6.07, 6.45) is 0.497. The van der Waals surface area contributed by atoms with E-state index < -0.39 is 11.8 Å². The molecule has 0 radical (unpaired) electrons. The molecule has 0 heterocycles. The van der Waals surface area contributed by atoms with Crippen molar-refractivity contribution in [3.05, 3.63) is 0 Å². The van der Waals surface area contributed by atoms with Gasteiger partial charge in [0.05, 0.1) is 13.1 Å². The molecule has 16 heavy (non-hydrogen) atoms. The second-order valence-corrected chi connectivity index (χ2v) is 3.18. The monoisotopic (exact) mass is 229 g/mol. The first-order valence-corrected chi connectivity index (χ1v) is 4.70. The molecule has 0 aromatic rings. The van der Waals surface area contributed by atoms with Gasteiger partial charge in [-0.3, -0.25) is 14.4 Å². The van der Waals surface area contributed by atoms with Crippen molar-refractivity contribution >= 4 is 24.0 Å². The summed E-state index contributed by atoms with van der Waals surface area (Å²) in [5.41, 5.74) is 4.85. The zero-order valence-electron chi connectivity index (χ0n) is 9.06. The summed E-state index contributed by atoms with van der Waals surface area (Å²) in [6.45, 7) is -0.210. The predicted octanol–water partition coefficient (Wildman–Crippen LogP) is -1.97. The molecule has 0 aliphatic carbocycles. The molecule has 0 unspecified atom stereocenters. The Morgan fingerprint density at radius 2 is 1.94 bits per heavy atom. The normalized spacial score (nSPS) is 9.31. The highest BCUT2D eigenvalue weighted by Crippen LogP contribution is 1.87. The molecule has 0 aliphatic rings. The van der Waals surface area contributed by atoms with Crippen LogP contribution in [0.25, 0.3) is 0 Å². The molecular weight excluding hydrogens is 214 g/mol. The molecule has 90 valence electrons. The van der Waals surface area contributed by atoms with Crippen LogP contribution >= 0.6 is 0 Å². The van der Waals surface area contributed by atoms with Crippen LogP contribution in [-0.4, -0.2) is 49.0 Å². The number of aldehydes is 1. The van der Waals surface area contributed by atoms with Crippen LogP contribution in [0.3, 0.4) is 0 Å². The van der Waals surface area contributed by atoms with Crippen molar-refractivity contribution in [2.45, 2.75) is 12.8 Å². The third-order valence-electron chi connectivity index (χ3n) is 1.81. The molecule has 0 saturated heterocycles. The standard InChI is InChI=1S/C9H15N3O4/c1-12(4-5-13)9(16)6-11-8(15)3-2-7(10)14/h5H,2-4,6H2,1H3,(H2,10,14)(H,11,15). The van der Waals surface area contributed by atoms with Gasteiger partial charge in [0.2, 0.25) is 17.7 Å². The van der Waals surface area contributed by atoms with Crippen LogP contribution in [-0.2, 0) is 19.2 Å². The van der Waals surface area contributed by atoms with Crippen LogP contribution in [0, 0.1) is 0 Å². The summed E-state index contributed by atoms with van der Waals surface area (Å²) in [6, 6.07) is 0. The van der Waals surface area contributed by atoms with E-state index in [0.29, 0.717) is 6.29 Å². The quantitative estimate of drug-likeness (QED) is 0.493. The number of rotatable bonds is 7. The highest BCUT2D eigenvalue weighted by molar-refractivity contribution is 5.87. The summed E-state index contributed by atoms with van der Waals surface area (Å²) in [5.74, 6) is -1.37. The van der Waals surface area contributed by atoms with Gasteiger partial charge in [-0.25, -0.2) is 0 Å². The maximum atomic E-state index is 11.2. The molecule has 7 heteroatoms. The maximum Gasteiger partial charge on any atom is 0.242 e. The van der Waals surface area contributed by atoms with Gasteiger partial charge >= 0.3 is 0 Å². The number of hydrogen-bond acceptors (Lipinski definition) is 4. The Balaban J connectivity index is 3.78. The number of amides is 3.